The van der Waals surface area contributed by atoms with Crippen molar-refractivity contribution < 1.29 is 4.39 Å². The molecule has 3 aromatic rings. The lowest BCUT2D eigenvalue weighted by Gasteiger charge is -1.99. The fourth-order valence-electron chi connectivity index (χ4n) is 1.87. The van der Waals surface area contributed by atoms with Crippen molar-refractivity contribution in [3.05, 3.63) is 53.4 Å². The van der Waals surface area contributed by atoms with Gasteiger partial charge < -0.3 is 5.73 Å². The van der Waals surface area contributed by atoms with Crippen LogP contribution < -0.4 is 5.73 Å². The number of hydrogen-bond donors (Lipinski definition) is 1. The quantitative estimate of drug-likeness (QED) is 0.730. The van der Waals surface area contributed by atoms with Gasteiger partial charge in [0.15, 0.2) is 5.65 Å². The van der Waals surface area contributed by atoms with Crippen molar-refractivity contribution in [3.8, 4) is 11.3 Å². The van der Waals surface area contributed by atoms with E-state index >= 15 is 0 Å². The van der Waals surface area contributed by atoms with E-state index in [1.165, 1.54) is 12.1 Å². The Balaban J connectivity index is 2.27. The average Bonchev–Trinajstić information content (AvgIpc) is 2.70. The molecule has 0 spiro atoms. The lowest BCUT2D eigenvalue weighted by molar-refractivity contribution is 0.628. The van der Waals surface area contributed by atoms with Gasteiger partial charge in [0.25, 0.3) is 0 Å². The molecule has 0 saturated carbocycles. The third-order valence-corrected chi connectivity index (χ3v) is 3.05. The first-order valence-electron chi connectivity index (χ1n) is 5.35. The van der Waals surface area contributed by atoms with E-state index in [-0.39, 0.29) is 5.82 Å². The Labute approximate surface area is 108 Å². The molecule has 0 saturated heterocycles. The summed E-state index contributed by atoms with van der Waals surface area (Å²) in [6, 6.07) is 9.57. The molecule has 1 aromatic carbocycles. The summed E-state index contributed by atoms with van der Waals surface area (Å²) in [6.07, 6.45) is 1.79. The zero-order valence-corrected chi connectivity index (χ0v) is 10.0. The fraction of sp³-hybridized carbons (Fsp3) is 0. The van der Waals surface area contributed by atoms with Crippen molar-refractivity contribution >= 4 is 23.1 Å². The molecule has 90 valence electrons. The molecule has 0 atom stereocenters. The molecule has 0 bridgehead atoms. The van der Waals surface area contributed by atoms with Crippen molar-refractivity contribution in [2.24, 2.45) is 0 Å². The molecule has 0 fully saturated rings. The van der Waals surface area contributed by atoms with Crippen LogP contribution in [0.3, 0.4) is 0 Å². The summed E-state index contributed by atoms with van der Waals surface area (Å²) >= 11 is 6.06. The average molecular weight is 262 g/mol. The smallest absolute Gasteiger partial charge is 0.157 e. The van der Waals surface area contributed by atoms with Gasteiger partial charge in [-0.25, -0.2) is 9.37 Å². The van der Waals surface area contributed by atoms with E-state index in [1.807, 2.05) is 0 Å². The van der Waals surface area contributed by atoms with Crippen molar-refractivity contribution in [1.82, 2.24) is 9.38 Å². The van der Waals surface area contributed by atoms with Gasteiger partial charge in [0.2, 0.25) is 0 Å². The highest BCUT2D eigenvalue weighted by atomic mass is 35.5. The molecule has 0 unspecified atom stereocenters. The Morgan fingerprint density at radius 3 is 2.56 bits per heavy atom. The zero-order chi connectivity index (χ0) is 12.7. The molecule has 2 N–H and O–H groups in total. The van der Waals surface area contributed by atoms with E-state index < -0.39 is 0 Å². The molecule has 2 aromatic heterocycles. The number of nitrogens with two attached hydrogens (primary N) is 1. The van der Waals surface area contributed by atoms with Gasteiger partial charge in [-0.05, 0) is 36.4 Å². The molecule has 0 amide bonds. The number of rotatable bonds is 1. The van der Waals surface area contributed by atoms with Crippen molar-refractivity contribution in [2.45, 2.75) is 0 Å². The molecule has 0 radical (unpaired) electrons. The topological polar surface area (TPSA) is 43.3 Å². The van der Waals surface area contributed by atoms with Gasteiger partial charge in [-0.2, -0.15) is 0 Å². The molecule has 3 nitrogen and oxygen atoms in total. The van der Waals surface area contributed by atoms with E-state index in [2.05, 4.69) is 4.98 Å². The molecular formula is C13H9ClFN3. The Morgan fingerprint density at radius 2 is 1.89 bits per heavy atom. The number of nitrogen functional groups attached to an aromatic ring is 1. The first kappa shape index (κ1) is 11.0. The third kappa shape index (κ3) is 1.62. The largest absolute Gasteiger partial charge is 0.383 e. The number of anilines is 1. The Bertz CT molecular complexity index is 719. The van der Waals surface area contributed by atoms with E-state index in [4.69, 9.17) is 17.3 Å². The molecule has 18 heavy (non-hydrogen) atoms. The van der Waals surface area contributed by atoms with Gasteiger partial charge in [0.05, 0.1) is 5.02 Å². The van der Waals surface area contributed by atoms with Gasteiger partial charge in [0.1, 0.15) is 17.3 Å². The summed E-state index contributed by atoms with van der Waals surface area (Å²) in [6.45, 7) is 0. The summed E-state index contributed by atoms with van der Waals surface area (Å²) in [5.74, 6) is 0.193. The second-order valence-corrected chi connectivity index (χ2v) is 4.31. The molecule has 0 aliphatic heterocycles. The fourth-order valence-corrected chi connectivity index (χ4v) is 2.08. The molecule has 0 aliphatic rings. The van der Waals surface area contributed by atoms with Gasteiger partial charge in [-0.15, -0.1) is 0 Å². The van der Waals surface area contributed by atoms with Crippen LogP contribution in [-0.4, -0.2) is 9.38 Å². The standard InChI is InChI=1S/C13H9ClFN3/c14-10-2-1-7-18-12(16)11(17-13(10)18)8-3-5-9(15)6-4-8/h1-7H,16H2. The van der Waals surface area contributed by atoms with Crippen molar-refractivity contribution in [2.75, 3.05) is 5.73 Å². The first-order valence-corrected chi connectivity index (χ1v) is 5.72. The van der Waals surface area contributed by atoms with Crippen molar-refractivity contribution in [1.29, 1.82) is 0 Å². The summed E-state index contributed by atoms with van der Waals surface area (Å²) in [4.78, 5) is 4.40. The lowest BCUT2D eigenvalue weighted by atomic mass is 10.1. The van der Waals surface area contributed by atoms with Crippen LogP contribution in [0.25, 0.3) is 16.9 Å². The monoisotopic (exact) mass is 261 g/mol. The van der Waals surface area contributed by atoms with Crippen molar-refractivity contribution in [3.63, 3.8) is 0 Å². The Hall–Kier alpha value is -2.07. The number of benzene rings is 1. The number of halogens is 2. The van der Waals surface area contributed by atoms with Crippen LogP contribution in [0.4, 0.5) is 10.2 Å². The van der Waals surface area contributed by atoms with E-state index in [0.717, 1.165) is 5.56 Å². The second kappa shape index (κ2) is 3.99. The minimum absolute atomic E-state index is 0.292. The first-order chi connectivity index (χ1) is 8.66. The molecular weight excluding hydrogens is 253 g/mol. The molecule has 5 heteroatoms. The van der Waals surface area contributed by atoms with Crippen LogP contribution in [0.1, 0.15) is 0 Å². The minimum Gasteiger partial charge on any atom is -0.383 e. The number of aromatic nitrogens is 2. The second-order valence-electron chi connectivity index (χ2n) is 3.90. The maximum atomic E-state index is 12.9. The van der Waals surface area contributed by atoms with Gasteiger partial charge >= 0.3 is 0 Å². The Morgan fingerprint density at radius 1 is 1.17 bits per heavy atom. The SMILES string of the molecule is Nc1c(-c2ccc(F)cc2)nc2c(Cl)cccn12. The maximum Gasteiger partial charge on any atom is 0.157 e. The zero-order valence-electron chi connectivity index (χ0n) is 9.27. The van der Waals surface area contributed by atoms with Gasteiger partial charge in [-0.1, -0.05) is 11.6 Å². The van der Waals surface area contributed by atoms with Crippen LogP contribution in [0.5, 0.6) is 0 Å². The molecule has 0 aliphatic carbocycles. The lowest BCUT2D eigenvalue weighted by Crippen LogP contribution is -1.93. The molecule has 2 heterocycles. The number of pyridine rings is 1. The normalized spacial score (nSPS) is 11.0. The predicted octanol–water partition coefficient (Wildman–Crippen LogP) is 3.38. The van der Waals surface area contributed by atoms with Crippen LogP contribution in [-0.2, 0) is 0 Å². The summed E-state index contributed by atoms with van der Waals surface area (Å²) in [5, 5.41) is 0.526. The number of nitrogens with zero attached hydrogens (tertiary/aromatic N) is 2. The minimum atomic E-state index is -0.292. The molecule has 3 rings (SSSR count). The highest BCUT2D eigenvalue weighted by Crippen LogP contribution is 2.29. The number of hydrogen-bond acceptors (Lipinski definition) is 2. The van der Waals surface area contributed by atoms with E-state index in [1.54, 1.807) is 34.9 Å². The van der Waals surface area contributed by atoms with Gasteiger partial charge in [0, 0.05) is 11.8 Å². The summed E-state index contributed by atoms with van der Waals surface area (Å²) < 4.78 is 14.6. The highest BCUT2D eigenvalue weighted by molar-refractivity contribution is 6.33. The van der Waals surface area contributed by atoms with Crippen LogP contribution in [0, 0.1) is 5.82 Å². The highest BCUT2D eigenvalue weighted by Gasteiger charge is 2.12. The predicted molar refractivity (Wildman–Crippen MR) is 70.0 cm³/mol. The third-order valence-electron chi connectivity index (χ3n) is 2.76. The number of imidazole rings is 1. The van der Waals surface area contributed by atoms with Crippen LogP contribution >= 0.6 is 11.6 Å². The summed E-state index contributed by atoms with van der Waals surface area (Å²) in [5.41, 5.74) is 7.98. The van der Waals surface area contributed by atoms with Crippen LogP contribution in [0.2, 0.25) is 5.02 Å². The Kier molecular flexibility index (Phi) is 2.45. The van der Waals surface area contributed by atoms with E-state index in [9.17, 15) is 4.39 Å². The summed E-state index contributed by atoms with van der Waals surface area (Å²) in [7, 11) is 0. The van der Waals surface area contributed by atoms with Gasteiger partial charge in [-0.3, -0.25) is 4.40 Å². The van der Waals surface area contributed by atoms with E-state index in [0.29, 0.717) is 22.2 Å². The number of fused-ring (bicyclic) bond motifs is 1. The maximum absolute atomic E-state index is 12.9. The van der Waals surface area contributed by atoms with Crippen LogP contribution in [0.15, 0.2) is 42.6 Å².